The van der Waals surface area contributed by atoms with Gasteiger partial charge >= 0.3 is 0 Å². The monoisotopic (exact) mass is 307 g/mol. The highest BCUT2D eigenvalue weighted by Crippen LogP contribution is 2.23. The van der Waals surface area contributed by atoms with E-state index in [0.29, 0.717) is 19.0 Å². The summed E-state index contributed by atoms with van der Waals surface area (Å²) in [6, 6.07) is 3.95. The fraction of sp³-hybridized carbons (Fsp3) is 0.467. The third-order valence-corrected chi connectivity index (χ3v) is 4.09. The van der Waals surface area contributed by atoms with Crippen LogP contribution in [0, 0.1) is 0 Å². The molecule has 2 aromatic rings. The molecule has 0 unspecified atom stereocenters. The highest BCUT2D eigenvalue weighted by Gasteiger charge is 2.14. The normalized spacial score (nSPS) is 11.0. The lowest BCUT2D eigenvalue weighted by Crippen LogP contribution is -2.38. The maximum absolute atomic E-state index is 12.0. The summed E-state index contributed by atoms with van der Waals surface area (Å²) in [5, 5.41) is 1.99. The number of carbonyl (C=O) groups excluding carboxylic acids is 1. The fourth-order valence-corrected chi connectivity index (χ4v) is 2.79. The summed E-state index contributed by atoms with van der Waals surface area (Å²) in [5.41, 5.74) is 0.841. The first-order valence-electron chi connectivity index (χ1n) is 7.08. The minimum Gasteiger partial charge on any atom is -0.444 e. The Labute approximate surface area is 129 Å². The van der Waals surface area contributed by atoms with Crippen molar-refractivity contribution in [2.45, 2.75) is 20.4 Å². The van der Waals surface area contributed by atoms with Crippen molar-refractivity contribution in [3.05, 3.63) is 29.5 Å². The zero-order valence-electron chi connectivity index (χ0n) is 12.7. The number of amides is 1. The van der Waals surface area contributed by atoms with E-state index in [1.807, 2.05) is 48.2 Å². The Balaban J connectivity index is 1.91. The van der Waals surface area contributed by atoms with Gasteiger partial charge < -0.3 is 9.32 Å². The van der Waals surface area contributed by atoms with E-state index in [1.54, 1.807) is 17.6 Å². The second-order valence-corrected chi connectivity index (χ2v) is 5.81. The van der Waals surface area contributed by atoms with Crippen molar-refractivity contribution < 1.29 is 9.21 Å². The van der Waals surface area contributed by atoms with Gasteiger partial charge in [-0.05, 0) is 32.3 Å². The molecular weight excluding hydrogens is 286 g/mol. The number of nitrogens with zero attached hydrogens (tertiary/aromatic N) is 3. The van der Waals surface area contributed by atoms with Crippen LogP contribution in [0.1, 0.15) is 19.5 Å². The zero-order chi connectivity index (χ0) is 15.2. The van der Waals surface area contributed by atoms with Crippen LogP contribution in [0.15, 0.2) is 28.2 Å². The van der Waals surface area contributed by atoms with Crippen LogP contribution in [-0.2, 0) is 11.3 Å². The van der Waals surface area contributed by atoms with Gasteiger partial charge in [-0.2, -0.15) is 0 Å². The Bertz CT molecular complexity index is 561. The van der Waals surface area contributed by atoms with E-state index in [9.17, 15) is 4.79 Å². The summed E-state index contributed by atoms with van der Waals surface area (Å²) >= 11 is 1.60. The number of hydrogen-bond donors (Lipinski definition) is 0. The smallest absolute Gasteiger partial charge is 0.236 e. The highest BCUT2D eigenvalue weighted by molar-refractivity contribution is 7.13. The van der Waals surface area contributed by atoms with Crippen molar-refractivity contribution in [2.24, 2.45) is 0 Å². The molecule has 0 saturated heterocycles. The van der Waals surface area contributed by atoms with Gasteiger partial charge in [-0.3, -0.25) is 9.69 Å². The SMILES string of the molecule is CCN(CC)C(=O)CN(C)Cc1coc(-c2cccs2)n1. The van der Waals surface area contributed by atoms with Crippen molar-refractivity contribution >= 4 is 17.2 Å². The van der Waals surface area contributed by atoms with Gasteiger partial charge in [0.25, 0.3) is 0 Å². The molecule has 0 bridgehead atoms. The number of carbonyl (C=O) groups is 1. The maximum atomic E-state index is 12.0. The first-order chi connectivity index (χ1) is 10.1. The number of likely N-dealkylation sites (N-methyl/N-ethyl adjacent to an activating group) is 2. The van der Waals surface area contributed by atoms with Gasteiger partial charge in [-0.1, -0.05) is 6.07 Å². The molecule has 2 heterocycles. The van der Waals surface area contributed by atoms with Gasteiger partial charge in [-0.15, -0.1) is 11.3 Å². The maximum Gasteiger partial charge on any atom is 0.236 e. The minimum atomic E-state index is 0.143. The number of rotatable bonds is 7. The van der Waals surface area contributed by atoms with Crippen molar-refractivity contribution in [3.8, 4) is 10.8 Å². The number of oxazole rings is 1. The van der Waals surface area contributed by atoms with E-state index in [2.05, 4.69) is 4.98 Å². The molecule has 5 nitrogen and oxygen atoms in total. The van der Waals surface area contributed by atoms with Crippen LogP contribution in [-0.4, -0.2) is 47.4 Å². The third-order valence-electron chi connectivity index (χ3n) is 3.24. The summed E-state index contributed by atoms with van der Waals surface area (Å²) in [4.78, 5) is 21.3. The van der Waals surface area contributed by atoms with E-state index >= 15 is 0 Å². The number of aromatic nitrogens is 1. The van der Waals surface area contributed by atoms with E-state index in [4.69, 9.17) is 4.42 Å². The van der Waals surface area contributed by atoms with Gasteiger partial charge in [0, 0.05) is 19.6 Å². The van der Waals surface area contributed by atoms with Crippen LogP contribution < -0.4 is 0 Å². The average molecular weight is 307 g/mol. The Morgan fingerprint density at radius 1 is 1.38 bits per heavy atom. The van der Waals surface area contributed by atoms with Crippen molar-refractivity contribution in [2.75, 3.05) is 26.7 Å². The van der Waals surface area contributed by atoms with Crippen LogP contribution in [0.4, 0.5) is 0 Å². The van der Waals surface area contributed by atoms with Gasteiger partial charge in [0.15, 0.2) is 0 Å². The van der Waals surface area contributed by atoms with Gasteiger partial charge in [0.05, 0.1) is 17.1 Å². The lowest BCUT2D eigenvalue weighted by molar-refractivity contribution is -0.131. The molecule has 21 heavy (non-hydrogen) atoms. The molecule has 0 aliphatic rings. The van der Waals surface area contributed by atoms with Gasteiger partial charge in [0.2, 0.25) is 11.8 Å². The van der Waals surface area contributed by atoms with Crippen LogP contribution in [0.3, 0.4) is 0 Å². The van der Waals surface area contributed by atoms with Crippen LogP contribution in [0.5, 0.6) is 0 Å². The molecule has 114 valence electrons. The molecule has 0 aliphatic carbocycles. The van der Waals surface area contributed by atoms with E-state index in [-0.39, 0.29) is 5.91 Å². The van der Waals surface area contributed by atoms with Gasteiger partial charge in [-0.25, -0.2) is 4.98 Å². The molecule has 2 aromatic heterocycles. The topological polar surface area (TPSA) is 49.6 Å². The third kappa shape index (κ3) is 4.15. The Kier molecular flexibility index (Phi) is 5.52. The Morgan fingerprint density at radius 3 is 2.76 bits per heavy atom. The molecule has 2 rings (SSSR count). The quantitative estimate of drug-likeness (QED) is 0.789. The molecule has 0 N–H and O–H groups in total. The van der Waals surface area contributed by atoms with Crippen LogP contribution in [0.2, 0.25) is 0 Å². The molecule has 0 spiro atoms. The van der Waals surface area contributed by atoms with Crippen molar-refractivity contribution in [1.29, 1.82) is 0 Å². The van der Waals surface area contributed by atoms with E-state index in [0.717, 1.165) is 23.7 Å². The fourth-order valence-electron chi connectivity index (χ4n) is 2.13. The lowest BCUT2D eigenvalue weighted by atomic mass is 10.4. The molecule has 6 heteroatoms. The standard InChI is InChI=1S/C15H21N3O2S/c1-4-18(5-2)14(19)10-17(3)9-12-11-20-15(16-12)13-7-6-8-21-13/h6-8,11H,4-5,9-10H2,1-3H3. The number of thiophene rings is 1. The average Bonchev–Trinajstić information content (AvgIpc) is 3.10. The summed E-state index contributed by atoms with van der Waals surface area (Å²) < 4.78 is 5.48. The summed E-state index contributed by atoms with van der Waals surface area (Å²) in [7, 11) is 1.92. The van der Waals surface area contributed by atoms with Crippen LogP contribution >= 0.6 is 11.3 Å². The molecule has 0 radical (unpaired) electrons. The summed E-state index contributed by atoms with van der Waals surface area (Å²) in [5.74, 6) is 0.785. The molecular formula is C15H21N3O2S. The summed E-state index contributed by atoms with van der Waals surface area (Å²) in [6.45, 7) is 6.47. The second-order valence-electron chi connectivity index (χ2n) is 4.86. The first kappa shape index (κ1) is 15.7. The Hall–Kier alpha value is -1.66. The first-order valence-corrected chi connectivity index (χ1v) is 7.96. The Morgan fingerprint density at radius 2 is 2.14 bits per heavy atom. The predicted molar refractivity (Wildman–Crippen MR) is 84.1 cm³/mol. The minimum absolute atomic E-state index is 0.143. The summed E-state index contributed by atoms with van der Waals surface area (Å²) in [6.07, 6.45) is 1.66. The van der Waals surface area contributed by atoms with Crippen molar-refractivity contribution in [3.63, 3.8) is 0 Å². The predicted octanol–water partition coefficient (Wildman–Crippen LogP) is 2.70. The van der Waals surface area contributed by atoms with E-state index in [1.165, 1.54) is 0 Å². The molecule has 0 aromatic carbocycles. The number of hydrogen-bond acceptors (Lipinski definition) is 5. The van der Waals surface area contributed by atoms with E-state index < -0.39 is 0 Å². The molecule has 1 amide bonds. The second kappa shape index (κ2) is 7.38. The van der Waals surface area contributed by atoms with Crippen LogP contribution in [0.25, 0.3) is 10.8 Å². The van der Waals surface area contributed by atoms with Crippen molar-refractivity contribution in [1.82, 2.24) is 14.8 Å². The molecule has 0 atom stereocenters. The molecule has 0 fully saturated rings. The molecule has 0 saturated carbocycles. The lowest BCUT2D eigenvalue weighted by Gasteiger charge is -2.22. The zero-order valence-corrected chi connectivity index (χ0v) is 13.5. The molecule has 0 aliphatic heterocycles. The largest absolute Gasteiger partial charge is 0.444 e. The van der Waals surface area contributed by atoms with Gasteiger partial charge in [0.1, 0.15) is 6.26 Å². The highest BCUT2D eigenvalue weighted by atomic mass is 32.1.